The third-order valence-electron chi connectivity index (χ3n) is 7.85. The van der Waals surface area contributed by atoms with Gasteiger partial charge in [0.15, 0.2) is 0 Å². The summed E-state index contributed by atoms with van der Waals surface area (Å²) < 4.78 is 2.32. The molecule has 5 nitrogen and oxygen atoms in total. The van der Waals surface area contributed by atoms with Crippen LogP contribution >= 0.6 is 0 Å². The Morgan fingerprint density at radius 1 is 0.900 bits per heavy atom. The quantitative estimate of drug-likeness (QED) is 0.204. The van der Waals surface area contributed by atoms with Gasteiger partial charge in [-0.3, -0.25) is 9.69 Å². The highest BCUT2D eigenvalue weighted by Gasteiger charge is 2.20. The van der Waals surface area contributed by atoms with Gasteiger partial charge in [0, 0.05) is 25.7 Å². The summed E-state index contributed by atoms with van der Waals surface area (Å²) in [4.78, 5) is 23.1. The summed E-state index contributed by atoms with van der Waals surface area (Å²) in [7, 11) is 0. The summed E-state index contributed by atoms with van der Waals surface area (Å²) in [6.07, 6.45) is 7.57. The largest absolute Gasteiger partial charge is 0.331 e. The second-order valence-electron chi connectivity index (χ2n) is 11.5. The van der Waals surface area contributed by atoms with Crippen LogP contribution in [0.2, 0.25) is 0 Å². The zero-order valence-corrected chi connectivity index (χ0v) is 24.2. The molecule has 0 saturated carbocycles. The van der Waals surface area contributed by atoms with Gasteiger partial charge in [-0.25, -0.2) is 4.98 Å². The molecule has 1 amide bonds. The first-order valence-electron chi connectivity index (χ1n) is 14.7. The van der Waals surface area contributed by atoms with Crippen molar-refractivity contribution in [3.63, 3.8) is 0 Å². The highest BCUT2D eigenvalue weighted by molar-refractivity contribution is 5.92. The molecule has 1 aliphatic heterocycles. The lowest BCUT2D eigenvalue weighted by Crippen LogP contribution is -2.33. The van der Waals surface area contributed by atoms with Gasteiger partial charge in [-0.05, 0) is 79.2 Å². The number of aryl methyl sites for hydroxylation is 1. The van der Waals surface area contributed by atoms with Gasteiger partial charge in [-0.2, -0.15) is 0 Å². The van der Waals surface area contributed by atoms with Gasteiger partial charge >= 0.3 is 0 Å². The van der Waals surface area contributed by atoms with Crippen molar-refractivity contribution in [3.05, 3.63) is 107 Å². The van der Waals surface area contributed by atoms with E-state index in [4.69, 9.17) is 4.98 Å². The molecule has 208 valence electrons. The van der Waals surface area contributed by atoms with E-state index in [0.717, 1.165) is 41.1 Å². The predicted molar refractivity (Wildman–Crippen MR) is 165 cm³/mol. The molecule has 5 heteroatoms. The Hall–Kier alpha value is -3.70. The predicted octanol–water partition coefficient (Wildman–Crippen LogP) is 7.08. The minimum atomic E-state index is 0.0149. The van der Waals surface area contributed by atoms with E-state index in [-0.39, 0.29) is 5.91 Å². The van der Waals surface area contributed by atoms with E-state index in [0.29, 0.717) is 19.0 Å². The molecule has 0 radical (unpaired) electrons. The average Bonchev–Trinajstić information content (AvgIpc) is 3.30. The summed E-state index contributed by atoms with van der Waals surface area (Å²) in [5.41, 5.74) is 7.00. The normalized spacial score (nSPS) is 14.4. The molecular formula is C35H42N4O. The maximum Gasteiger partial charge on any atom is 0.246 e. The number of hydrogen-bond donors (Lipinski definition) is 0. The second kappa shape index (κ2) is 13.1. The maximum absolute atomic E-state index is 13.5. The van der Waals surface area contributed by atoms with Crippen LogP contribution in [-0.4, -0.2) is 44.9 Å². The topological polar surface area (TPSA) is 41.4 Å². The van der Waals surface area contributed by atoms with E-state index in [9.17, 15) is 4.79 Å². The van der Waals surface area contributed by atoms with Crippen molar-refractivity contribution in [3.8, 4) is 0 Å². The van der Waals surface area contributed by atoms with Crippen molar-refractivity contribution < 1.29 is 4.79 Å². The Labute approximate surface area is 239 Å². The summed E-state index contributed by atoms with van der Waals surface area (Å²) >= 11 is 0. The molecule has 40 heavy (non-hydrogen) atoms. The number of fused-ring (bicyclic) bond motifs is 1. The first kappa shape index (κ1) is 27.9. The van der Waals surface area contributed by atoms with E-state index in [2.05, 4.69) is 78.8 Å². The summed E-state index contributed by atoms with van der Waals surface area (Å²) in [5, 5.41) is 0. The molecule has 0 unspecified atom stereocenters. The fraction of sp³-hybridized carbons (Fsp3) is 0.371. The molecule has 2 heterocycles. The smallest absolute Gasteiger partial charge is 0.246 e. The molecule has 5 rings (SSSR count). The lowest BCUT2D eigenvalue weighted by Gasteiger charge is -2.27. The van der Waals surface area contributed by atoms with Gasteiger partial charge in [0.05, 0.1) is 17.6 Å². The molecule has 0 spiro atoms. The van der Waals surface area contributed by atoms with Crippen molar-refractivity contribution >= 4 is 23.0 Å². The molecule has 0 bridgehead atoms. The molecule has 1 fully saturated rings. The van der Waals surface area contributed by atoms with Crippen LogP contribution in [0, 0.1) is 12.8 Å². The lowest BCUT2D eigenvalue weighted by atomic mass is 10.0. The SMILES string of the molecule is Cc1ccccc1C=CC(=O)N(Cc1nc2ccccc2n1Cc1ccccc1CN1CCCCC1)CC(C)C. The standard InChI is InChI=1S/C35H42N4O/c1-27(2)23-38(35(40)20-19-29-14-6-5-13-28(29)3)26-34-36-32-17-9-10-18-33(32)39(34)25-31-16-8-7-15-30(31)24-37-21-11-4-12-22-37/h5-10,13-20,27H,4,11-12,21-26H2,1-3H3. The van der Waals surface area contributed by atoms with Crippen molar-refractivity contribution in [2.75, 3.05) is 19.6 Å². The highest BCUT2D eigenvalue weighted by Crippen LogP contribution is 2.23. The number of likely N-dealkylation sites (tertiary alicyclic amines) is 1. The molecule has 0 N–H and O–H groups in total. The maximum atomic E-state index is 13.5. The van der Waals surface area contributed by atoms with Crippen molar-refractivity contribution in [2.45, 2.75) is 59.7 Å². The van der Waals surface area contributed by atoms with E-state index in [1.54, 1.807) is 6.08 Å². The highest BCUT2D eigenvalue weighted by atomic mass is 16.2. The number of amides is 1. The lowest BCUT2D eigenvalue weighted by molar-refractivity contribution is -0.127. The number of rotatable bonds is 10. The van der Waals surface area contributed by atoms with E-state index in [1.165, 1.54) is 43.5 Å². The Morgan fingerprint density at radius 3 is 2.33 bits per heavy atom. The molecule has 1 aliphatic rings. The molecule has 3 aromatic carbocycles. The Bertz CT molecular complexity index is 1460. The number of carbonyl (C=O) groups excluding carboxylic acids is 1. The van der Waals surface area contributed by atoms with E-state index < -0.39 is 0 Å². The minimum absolute atomic E-state index is 0.0149. The van der Waals surface area contributed by atoms with E-state index >= 15 is 0 Å². The molecule has 1 saturated heterocycles. The zero-order chi connectivity index (χ0) is 27.9. The Morgan fingerprint density at radius 2 is 1.57 bits per heavy atom. The number of carbonyl (C=O) groups is 1. The molecule has 0 atom stereocenters. The first-order chi connectivity index (χ1) is 19.5. The number of benzene rings is 3. The van der Waals surface area contributed by atoms with Gasteiger partial charge < -0.3 is 9.47 Å². The molecule has 0 aliphatic carbocycles. The van der Waals surface area contributed by atoms with Gasteiger partial charge in [0.2, 0.25) is 5.91 Å². The number of para-hydroxylation sites is 2. The van der Waals surface area contributed by atoms with Gasteiger partial charge in [0.25, 0.3) is 0 Å². The number of imidazole rings is 1. The number of piperidine rings is 1. The fourth-order valence-electron chi connectivity index (χ4n) is 5.70. The van der Waals surface area contributed by atoms with Crippen molar-refractivity contribution in [1.29, 1.82) is 0 Å². The number of aromatic nitrogens is 2. The van der Waals surface area contributed by atoms with Crippen LogP contribution in [0.4, 0.5) is 0 Å². The Balaban J connectivity index is 1.44. The van der Waals surface area contributed by atoms with Crippen LogP contribution in [0.15, 0.2) is 78.9 Å². The second-order valence-corrected chi connectivity index (χ2v) is 11.5. The monoisotopic (exact) mass is 534 g/mol. The molecule has 4 aromatic rings. The first-order valence-corrected chi connectivity index (χ1v) is 14.7. The Kier molecular flexibility index (Phi) is 9.12. The van der Waals surface area contributed by atoms with Gasteiger partial charge in [-0.15, -0.1) is 0 Å². The van der Waals surface area contributed by atoms with Crippen LogP contribution in [0.5, 0.6) is 0 Å². The third-order valence-corrected chi connectivity index (χ3v) is 7.85. The van der Waals surface area contributed by atoms with Crippen molar-refractivity contribution in [1.82, 2.24) is 19.4 Å². The third kappa shape index (κ3) is 6.89. The summed E-state index contributed by atoms with van der Waals surface area (Å²) in [5.74, 6) is 1.28. The number of nitrogens with zero attached hydrogens (tertiary/aromatic N) is 4. The van der Waals surface area contributed by atoms with Crippen LogP contribution in [0.3, 0.4) is 0 Å². The van der Waals surface area contributed by atoms with E-state index in [1.807, 2.05) is 35.2 Å². The summed E-state index contributed by atoms with van der Waals surface area (Å²) in [6, 6.07) is 25.3. The van der Waals surface area contributed by atoms with Crippen LogP contribution in [0.1, 0.15) is 61.2 Å². The molecular weight excluding hydrogens is 492 g/mol. The molecule has 1 aromatic heterocycles. The van der Waals surface area contributed by atoms with Gasteiger partial charge in [-0.1, -0.05) is 80.9 Å². The van der Waals surface area contributed by atoms with Gasteiger partial charge in [0.1, 0.15) is 5.82 Å². The van der Waals surface area contributed by atoms with Crippen LogP contribution in [-0.2, 0) is 24.4 Å². The minimum Gasteiger partial charge on any atom is -0.331 e. The fourth-order valence-corrected chi connectivity index (χ4v) is 5.70. The van der Waals surface area contributed by atoms with Crippen LogP contribution in [0.25, 0.3) is 17.1 Å². The van der Waals surface area contributed by atoms with Crippen molar-refractivity contribution in [2.24, 2.45) is 5.92 Å². The zero-order valence-electron chi connectivity index (χ0n) is 24.2. The average molecular weight is 535 g/mol. The van der Waals surface area contributed by atoms with Crippen LogP contribution < -0.4 is 0 Å². The summed E-state index contributed by atoms with van der Waals surface area (Å²) in [6.45, 7) is 11.6. The number of hydrogen-bond acceptors (Lipinski definition) is 3.